The average Bonchev–Trinajstić information content (AvgIpc) is 2.81. The Morgan fingerprint density at radius 1 is 1.18 bits per heavy atom. The summed E-state index contributed by atoms with van der Waals surface area (Å²) in [5, 5.41) is 0. The van der Waals surface area contributed by atoms with Gasteiger partial charge in [0.1, 0.15) is 11.7 Å². The lowest BCUT2D eigenvalue weighted by molar-refractivity contribution is -0.0462. The topological polar surface area (TPSA) is 83.0 Å². The molecule has 3 rings (SSSR count). The molecule has 2 aliphatic rings. The van der Waals surface area contributed by atoms with Gasteiger partial charge in [-0.15, -0.1) is 0 Å². The van der Waals surface area contributed by atoms with E-state index in [2.05, 4.69) is 9.97 Å². The van der Waals surface area contributed by atoms with Gasteiger partial charge in [-0.25, -0.2) is 14.8 Å². The molecule has 1 aromatic rings. The van der Waals surface area contributed by atoms with Crippen LogP contribution in [0.5, 0.6) is 0 Å². The third kappa shape index (κ3) is 4.47. The van der Waals surface area contributed by atoms with Crippen LogP contribution in [0.15, 0.2) is 12.4 Å². The largest absolute Gasteiger partial charge is 0.498 e. The Morgan fingerprint density at radius 2 is 1.75 bits per heavy atom. The summed E-state index contributed by atoms with van der Waals surface area (Å²) >= 11 is 0. The first-order chi connectivity index (χ1) is 12.9. The number of amides is 1. The molecule has 2 aliphatic heterocycles. The molecule has 1 unspecified atom stereocenters. The predicted octanol–water partition coefficient (Wildman–Crippen LogP) is 2.08. The molecule has 28 heavy (non-hydrogen) atoms. The molecule has 0 bridgehead atoms. The van der Waals surface area contributed by atoms with Gasteiger partial charge in [0.15, 0.2) is 5.82 Å². The van der Waals surface area contributed by atoms with E-state index in [4.69, 9.17) is 18.8 Å². The van der Waals surface area contributed by atoms with Crippen molar-refractivity contribution in [2.45, 2.75) is 71.4 Å². The fraction of sp³-hybridized carbons (Fsp3) is 0.737. The van der Waals surface area contributed by atoms with Crippen molar-refractivity contribution in [2.24, 2.45) is 0 Å². The van der Waals surface area contributed by atoms with E-state index in [1.807, 2.05) is 48.5 Å². The van der Waals surface area contributed by atoms with Crippen molar-refractivity contribution < 1.29 is 23.6 Å². The molecule has 2 saturated heterocycles. The van der Waals surface area contributed by atoms with E-state index >= 15 is 0 Å². The predicted molar refractivity (Wildman–Crippen MR) is 104 cm³/mol. The second-order valence-corrected chi connectivity index (χ2v) is 9.25. The number of carbonyl (C=O) groups excluding carboxylic acids is 1. The van der Waals surface area contributed by atoms with Crippen molar-refractivity contribution >= 4 is 18.7 Å². The number of morpholine rings is 1. The SMILES string of the molecule is CC(C)(C)OC(=O)N1CCOC(c2ncc(B3OC(C)(C)C(C)(C)O3)cn2)C1. The highest BCUT2D eigenvalue weighted by Crippen LogP contribution is 2.36. The van der Waals surface area contributed by atoms with E-state index in [0.717, 1.165) is 5.46 Å². The van der Waals surface area contributed by atoms with Gasteiger partial charge in [-0.1, -0.05) is 0 Å². The molecule has 1 atom stereocenters. The summed E-state index contributed by atoms with van der Waals surface area (Å²) in [5.41, 5.74) is -0.624. The third-order valence-electron chi connectivity index (χ3n) is 5.22. The lowest BCUT2D eigenvalue weighted by Gasteiger charge is -2.33. The van der Waals surface area contributed by atoms with Crippen molar-refractivity contribution in [1.82, 2.24) is 14.9 Å². The fourth-order valence-corrected chi connectivity index (χ4v) is 2.91. The monoisotopic (exact) mass is 391 g/mol. The molecule has 0 N–H and O–H groups in total. The molecule has 2 fully saturated rings. The summed E-state index contributed by atoms with van der Waals surface area (Å²) < 4.78 is 23.3. The third-order valence-corrected chi connectivity index (χ3v) is 5.22. The van der Waals surface area contributed by atoms with E-state index in [-0.39, 0.29) is 6.09 Å². The maximum atomic E-state index is 12.3. The maximum absolute atomic E-state index is 12.3. The van der Waals surface area contributed by atoms with Gasteiger partial charge in [-0.05, 0) is 48.5 Å². The van der Waals surface area contributed by atoms with Crippen molar-refractivity contribution in [1.29, 1.82) is 0 Å². The van der Waals surface area contributed by atoms with Crippen LogP contribution in [0.3, 0.4) is 0 Å². The summed E-state index contributed by atoms with van der Waals surface area (Å²) in [5.74, 6) is 0.522. The summed E-state index contributed by atoms with van der Waals surface area (Å²) in [6, 6.07) is 0. The van der Waals surface area contributed by atoms with Crippen molar-refractivity contribution in [3.05, 3.63) is 18.2 Å². The van der Waals surface area contributed by atoms with Gasteiger partial charge in [0.05, 0.1) is 24.4 Å². The lowest BCUT2D eigenvalue weighted by atomic mass is 9.81. The van der Waals surface area contributed by atoms with Gasteiger partial charge >= 0.3 is 13.2 Å². The summed E-state index contributed by atoms with van der Waals surface area (Å²) in [7, 11) is -0.510. The minimum absolute atomic E-state index is 0.352. The highest BCUT2D eigenvalue weighted by atomic mass is 16.7. The zero-order chi connectivity index (χ0) is 20.7. The number of hydrogen-bond donors (Lipinski definition) is 0. The molecule has 0 spiro atoms. The van der Waals surface area contributed by atoms with Gasteiger partial charge in [-0.2, -0.15) is 0 Å². The van der Waals surface area contributed by atoms with Gasteiger partial charge in [-0.3, -0.25) is 0 Å². The standard InChI is InChI=1S/C19H30BN3O5/c1-17(2,3)26-16(24)23-8-9-25-14(12-23)15-21-10-13(11-22-15)20-27-18(4,5)19(6,7)28-20/h10-11,14H,8-9,12H2,1-7H3. The van der Waals surface area contributed by atoms with Crippen LogP contribution in [-0.4, -0.2) is 64.6 Å². The van der Waals surface area contributed by atoms with E-state index in [1.165, 1.54) is 0 Å². The van der Waals surface area contributed by atoms with Crippen molar-refractivity contribution in [3.63, 3.8) is 0 Å². The number of carbonyl (C=O) groups is 1. The van der Waals surface area contributed by atoms with Crippen LogP contribution in [0.2, 0.25) is 0 Å². The minimum atomic E-state index is -0.536. The molecule has 3 heterocycles. The number of nitrogens with zero attached hydrogens (tertiary/aromatic N) is 3. The van der Waals surface area contributed by atoms with Crippen LogP contribution in [0.25, 0.3) is 0 Å². The second-order valence-electron chi connectivity index (χ2n) is 9.25. The molecule has 1 amide bonds. The molecular weight excluding hydrogens is 361 g/mol. The Labute approximate surface area is 167 Å². The minimum Gasteiger partial charge on any atom is -0.444 e. The van der Waals surface area contributed by atoms with Crippen LogP contribution >= 0.6 is 0 Å². The molecule has 8 nitrogen and oxygen atoms in total. The van der Waals surface area contributed by atoms with Gasteiger partial charge in [0, 0.05) is 24.4 Å². The van der Waals surface area contributed by atoms with E-state index in [1.54, 1.807) is 17.3 Å². The maximum Gasteiger partial charge on any atom is 0.498 e. The fourth-order valence-electron chi connectivity index (χ4n) is 2.91. The molecule has 0 aliphatic carbocycles. The first kappa shape index (κ1) is 21.0. The van der Waals surface area contributed by atoms with Crippen molar-refractivity contribution in [2.75, 3.05) is 19.7 Å². The van der Waals surface area contributed by atoms with E-state index in [9.17, 15) is 4.79 Å². The van der Waals surface area contributed by atoms with Crippen LogP contribution in [0.4, 0.5) is 4.79 Å². The second kappa shape index (κ2) is 7.28. The molecule has 9 heteroatoms. The van der Waals surface area contributed by atoms with E-state index in [0.29, 0.717) is 25.5 Å². The van der Waals surface area contributed by atoms with Gasteiger partial charge in [0.2, 0.25) is 0 Å². The normalized spacial score (nSPS) is 24.3. The molecule has 0 aromatic carbocycles. The Bertz CT molecular complexity index is 701. The zero-order valence-corrected chi connectivity index (χ0v) is 17.8. The Kier molecular flexibility index (Phi) is 5.46. The highest BCUT2D eigenvalue weighted by molar-refractivity contribution is 6.61. The van der Waals surface area contributed by atoms with Crippen LogP contribution in [-0.2, 0) is 18.8 Å². The summed E-state index contributed by atoms with van der Waals surface area (Å²) in [6.45, 7) is 14.8. The van der Waals surface area contributed by atoms with Crippen LogP contribution in [0.1, 0.15) is 60.4 Å². The number of rotatable bonds is 2. The number of aromatic nitrogens is 2. The number of ether oxygens (including phenoxy) is 2. The first-order valence-corrected chi connectivity index (χ1v) is 9.65. The summed E-state index contributed by atoms with van der Waals surface area (Å²) in [4.78, 5) is 22.8. The summed E-state index contributed by atoms with van der Waals surface area (Å²) in [6.07, 6.45) is 2.64. The quantitative estimate of drug-likeness (QED) is 0.714. The lowest BCUT2D eigenvalue weighted by Crippen LogP contribution is -2.45. The zero-order valence-electron chi connectivity index (χ0n) is 17.8. The van der Waals surface area contributed by atoms with E-state index < -0.39 is 30.0 Å². The number of hydrogen-bond acceptors (Lipinski definition) is 7. The smallest absolute Gasteiger partial charge is 0.444 e. The highest BCUT2D eigenvalue weighted by Gasteiger charge is 2.52. The first-order valence-electron chi connectivity index (χ1n) is 9.65. The van der Waals surface area contributed by atoms with Gasteiger partial charge in [0.25, 0.3) is 0 Å². The molecular formula is C19H30BN3O5. The Hall–Kier alpha value is -1.71. The van der Waals surface area contributed by atoms with Crippen LogP contribution in [0, 0.1) is 0 Å². The molecule has 1 aromatic heterocycles. The average molecular weight is 391 g/mol. The van der Waals surface area contributed by atoms with Crippen molar-refractivity contribution in [3.8, 4) is 0 Å². The molecule has 154 valence electrons. The Morgan fingerprint density at radius 3 is 2.29 bits per heavy atom. The molecule has 0 saturated carbocycles. The van der Waals surface area contributed by atoms with Gasteiger partial charge < -0.3 is 23.7 Å². The van der Waals surface area contributed by atoms with Crippen LogP contribution < -0.4 is 5.46 Å². The Balaban J connectivity index is 1.66. The molecule has 0 radical (unpaired) electrons.